The number of fused-ring (bicyclic) bond motifs is 2. The smallest absolute Gasteiger partial charge is 0.282 e. The van der Waals surface area contributed by atoms with E-state index < -0.39 is 10.8 Å². The Morgan fingerprint density at radius 3 is 2.72 bits per heavy atom. The number of nitro groups is 1. The van der Waals surface area contributed by atoms with Gasteiger partial charge < -0.3 is 5.32 Å². The van der Waals surface area contributed by atoms with Gasteiger partial charge in [-0.3, -0.25) is 24.3 Å². The minimum Gasteiger partial charge on any atom is -0.350 e. The van der Waals surface area contributed by atoms with Crippen LogP contribution in [0.1, 0.15) is 15.9 Å². The molecule has 0 saturated carbocycles. The van der Waals surface area contributed by atoms with Crippen LogP contribution in [0.15, 0.2) is 78.0 Å². The number of carbonyl (C=O) groups excluding carboxylic acids is 1. The molecule has 36 heavy (non-hydrogen) atoms. The molecule has 2 aromatic heterocycles. The molecule has 0 radical (unpaired) electrons. The van der Waals surface area contributed by atoms with Crippen LogP contribution >= 0.6 is 11.6 Å². The predicted molar refractivity (Wildman–Crippen MR) is 135 cm³/mol. The normalized spacial score (nSPS) is 11.1. The molecule has 0 saturated heterocycles. The average molecular weight is 503 g/mol. The third-order valence-corrected chi connectivity index (χ3v) is 6.09. The Bertz CT molecular complexity index is 1690. The van der Waals surface area contributed by atoms with Crippen molar-refractivity contribution >= 4 is 45.0 Å². The van der Waals surface area contributed by atoms with Crippen molar-refractivity contribution in [1.29, 1.82) is 0 Å². The first-order chi connectivity index (χ1) is 17.4. The summed E-state index contributed by atoms with van der Waals surface area (Å²) in [7, 11) is 0. The quantitative estimate of drug-likeness (QED) is 0.266. The SMILES string of the molecule is O=C(NCCn1ncc2c(=O)n(Cc3cccc4ccccc34)cnc21)c1cc(Cl)ccc1[N+](=O)[O-]. The average Bonchev–Trinajstić information content (AvgIpc) is 3.29. The van der Waals surface area contributed by atoms with Gasteiger partial charge in [0.15, 0.2) is 5.65 Å². The summed E-state index contributed by atoms with van der Waals surface area (Å²) in [5.41, 5.74) is 0.693. The molecule has 0 aliphatic rings. The maximum absolute atomic E-state index is 13.1. The van der Waals surface area contributed by atoms with Gasteiger partial charge in [0.2, 0.25) is 0 Å². The van der Waals surface area contributed by atoms with Crippen LogP contribution in [-0.4, -0.2) is 36.7 Å². The van der Waals surface area contributed by atoms with E-state index in [0.717, 1.165) is 16.3 Å². The molecular weight excluding hydrogens is 484 g/mol. The maximum Gasteiger partial charge on any atom is 0.282 e. The van der Waals surface area contributed by atoms with Crippen LogP contribution in [0.5, 0.6) is 0 Å². The zero-order valence-corrected chi connectivity index (χ0v) is 19.6. The molecule has 10 nitrogen and oxygen atoms in total. The third-order valence-electron chi connectivity index (χ3n) is 5.85. The molecule has 0 unspecified atom stereocenters. The first-order valence-corrected chi connectivity index (χ1v) is 11.4. The van der Waals surface area contributed by atoms with Crippen molar-refractivity contribution in [2.24, 2.45) is 0 Å². The van der Waals surface area contributed by atoms with Crippen molar-refractivity contribution in [2.45, 2.75) is 13.1 Å². The van der Waals surface area contributed by atoms with Gasteiger partial charge in [-0.25, -0.2) is 9.67 Å². The van der Waals surface area contributed by atoms with Crippen molar-refractivity contribution in [3.05, 3.63) is 110 Å². The van der Waals surface area contributed by atoms with Crippen molar-refractivity contribution in [3.8, 4) is 0 Å². The molecular formula is C25H19ClN6O4. The monoisotopic (exact) mass is 502 g/mol. The number of carbonyl (C=O) groups is 1. The number of hydrogen-bond acceptors (Lipinski definition) is 6. The van der Waals surface area contributed by atoms with Gasteiger partial charge >= 0.3 is 0 Å². The zero-order chi connectivity index (χ0) is 25.2. The lowest BCUT2D eigenvalue weighted by Crippen LogP contribution is -2.28. The number of hydrogen-bond donors (Lipinski definition) is 1. The van der Waals surface area contributed by atoms with Gasteiger partial charge in [-0.15, -0.1) is 0 Å². The Morgan fingerprint density at radius 1 is 1.08 bits per heavy atom. The highest BCUT2D eigenvalue weighted by atomic mass is 35.5. The lowest BCUT2D eigenvalue weighted by molar-refractivity contribution is -0.385. The van der Waals surface area contributed by atoms with E-state index in [9.17, 15) is 19.7 Å². The van der Waals surface area contributed by atoms with E-state index in [4.69, 9.17) is 11.6 Å². The van der Waals surface area contributed by atoms with E-state index in [1.807, 2.05) is 42.5 Å². The Labute approximate surface area is 208 Å². The first-order valence-electron chi connectivity index (χ1n) is 11.0. The fraction of sp³-hybridized carbons (Fsp3) is 0.120. The lowest BCUT2D eigenvalue weighted by Gasteiger charge is -2.10. The summed E-state index contributed by atoms with van der Waals surface area (Å²) in [5.74, 6) is -0.633. The maximum atomic E-state index is 13.1. The van der Waals surface area contributed by atoms with Crippen LogP contribution in [0.25, 0.3) is 21.8 Å². The molecule has 5 rings (SSSR count). The second-order valence-corrected chi connectivity index (χ2v) is 8.53. The Hall–Kier alpha value is -4.57. The van der Waals surface area contributed by atoms with Crippen molar-refractivity contribution in [3.63, 3.8) is 0 Å². The standard InChI is InChI=1S/C25H19ClN6O4/c26-18-8-9-22(32(35)36)20(12-18)24(33)27-10-11-31-23-21(13-29-31)25(34)30(15-28-23)14-17-6-3-5-16-4-1-2-7-19(16)17/h1-9,12-13,15H,10-11,14H2,(H,27,33). The fourth-order valence-corrected chi connectivity index (χ4v) is 4.28. The second kappa shape index (κ2) is 9.59. The van der Waals surface area contributed by atoms with Crippen LogP contribution in [0.4, 0.5) is 5.69 Å². The summed E-state index contributed by atoms with van der Waals surface area (Å²) in [5, 5.41) is 20.8. The highest BCUT2D eigenvalue weighted by molar-refractivity contribution is 6.31. The van der Waals surface area contributed by atoms with Crippen LogP contribution < -0.4 is 10.9 Å². The van der Waals surface area contributed by atoms with Crippen LogP contribution in [0.2, 0.25) is 5.02 Å². The van der Waals surface area contributed by atoms with Gasteiger partial charge in [0, 0.05) is 17.6 Å². The molecule has 0 aliphatic carbocycles. The molecule has 0 spiro atoms. The van der Waals surface area contributed by atoms with E-state index in [2.05, 4.69) is 15.4 Å². The lowest BCUT2D eigenvalue weighted by atomic mass is 10.0. The number of benzene rings is 3. The summed E-state index contributed by atoms with van der Waals surface area (Å²) < 4.78 is 3.04. The molecule has 2 heterocycles. The van der Waals surface area contributed by atoms with E-state index in [-0.39, 0.29) is 34.9 Å². The zero-order valence-electron chi connectivity index (χ0n) is 18.8. The largest absolute Gasteiger partial charge is 0.350 e. The topological polar surface area (TPSA) is 125 Å². The molecule has 0 bridgehead atoms. The van der Waals surface area contributed by atoms with Crippen molar-refractivity contribution in [1.82, 2.24) is 24.6 Å². The number of nitrogens with zero attached hydrogens (tertiary/aromatic N) is 5. The molecule has 11 heteroatoms. The molecule has 3 aromatic carbocycles. The third kappa shape index (κ3) is 4.41. The molecule has 0 atom stereocenters. The number of nitrogens with one attached hydrogen (secondary N) is 1. The first kappa shape index (κ1) is 23.2. The van der Waals surface area contributed by atoms with Gasteiger partial charge in [-0.2, -0.15) is 5.10 Å². The number of nitro benzene ring substituents is 1. The number of amides is 1. The minimum atomic E-state index is -0.639. The van der Waals surface area contributed by atoms with Crippen molar-refractivity contribution in [2.75, 3.05) is 6.54 Å². The van der Waals surface area contributed by atoms with E-state index in [1.165, 1.54) is 40.0 Å². The van der Waals surface area contributed by atoms with Crippen LogP contribution in [0, 0.1) is 10.1 Å². The van der Waals surface area contributed by atoms with Gasteiger partial charge in [-0.05, 0) is 28.5 Å². The highest BCUT2D eigenvalue weighted by Crippen LogP contribution is 2.23. The Morgan fingerprint density at radius 2 is 1.89 bits per heavy atom. The molecule has 0 aliphatic heterocycles. The van der Waals surface area contributed by atoms with Crippen LogP contribution in [-0.2, 0) is 13.1 Å². The predicted octanol–water partition coefficient (Wildman–Crippen LogP) is 3.79. The van der Waals surface area contributed by atoms with Crippen LogP contribution in [0.3, 0.4) is 0 Å². The number of aromatic nitrogens is 4. The minimum absolute atomic E-state index is 0.111. The molecule has 180 valence electrons. The highest BCUT2D eigenvalue weighted by Gasteiger charge is 2.20. The molecule has 1 N–H and O–H groups in total. The molecule has 0 fully saturated rings. The Kier molecular flexibility index (Phi) is 6.17. The van der Waals surface area contributed by atoms with Gasteiger partial charge in [-0.1, -0.05) is 54.1 Å². The summed E-state index contributed by atoms with van der Waals surface area (Å²) in [6, 6.07) is 17.7. The summed E-state index contributed by atoms with van der Waals surface area (Å²) >= 11 is 5.90. The summed E-state index contributed by atoms with van der Waals surface area (Å²) in [6.45, 7) is 0.687. The van der Waals surface area contributed by atoms with E-state index >= 15 is 0 Å². The molecule has 1 amide bonds. The number of rotatable bonds is 7. The fourth-order valence-electron chi connectivity index (χ4n) is 4.11. The van der Waals surface area contributed by atoms with Gasteiger partial charge in [0.1, 0.15) is 17.3 Å². The second-order valence-electron chi connectivity index (χ2n) is 8.10. The Balaban J connectivity index is 1.33. The van der Waals surface area contributed by atoms with E-state index in [0.29, 0.717) is 17.6 Å². The summed E-state index contributed by atoms with van der Waals surface area (Å²) in [4.78, 5) is 40.6. The van der Waals surface area contributed by atoms with Gasteiger partial charge in [0.25, 0.3) is 17.2 Å². The van der Waals surface area contributed by atoms with Crippen molar-refractivity contribution < 1.29 is 9.72 Å². The van der Waals surface area contributed by atoms with Gasteiger partial charge in [0.05, 0.1) is 24.2 Å². The summed E-state index contributed by atoms with van der Waals surface area (Å²) in [6.07, 6.45) is 2.94. The van der Waals surface area contributed by atoms with E-state index in [1.54, 1.807) is 0 Å². The molecule has 5 aromatic rings. The number of halogens is 1.